The number of rotatable bonds is 7. The first kappa shape index (κ1) is 17.0. The molecule has 2 aromatic rings. The summed E-state index contributed by atoms with van der Waals surface area (Å²) in [4.78, 5) is 2.09. The Labute approximate surface area is 140 Å². The number of hydrogen-bond acceptors (Lipinski definition) is 3. The van der Waals surface area contributed by atoms with Gasteiger partial charge in [0.2, 0.25) is 0 Å². The molecule has 0 spiro atoms. The van der Waals surface area contributed by atoms with Crippen LogP contribution in [-0.4, -0.2) is 36.3 Å². The summed E-state index contributed by atoms with van der Waals surface area (Å²) in [7, 11) is 2.00. The smallest absolute Gasteiger partial charge is 0.119 e. The molecule has 0 bridgehead atoms. The van der Waals surface area contributed by atoms with Crippen molar-refractivity contribution in [3.63, 3.8) is 0 Å². The summed E-state index contributed by atoms with van der Waals surface area (Å²) in [5, 5.41) is 10.1. The van der Waals surface area contributed by atoms with Gasteiger partial charge in [-0.05, 0) is 43.8 Å². The van der Waals surface area contributed by atoms with Crippen LogP contribution in [0.1, 0.15) is 11.1 Å². The van der Waals surface area contributed by atoms with Crippen LogP contribution in [0.2, 0.25) is 0 Å². The quantitative estimate of drug-likeness (QED) is 0.815. The lowest BCUT2D eigenvalue weighted by Gasteiger charge is -2.21. The highest BCUT2D eigenvalue weighted by Gasteiger charge is 2.09. The molecule has 22 heavy (non-hydrogen) atoms. The van der Waals surface area contributed by atoms with E-state index in [-0.39, 0.29) is 0 Å². The summed E-state index contributed by atoms with van der Waals surface area (Å²) >= 11 is 3.43. The fourth-order valence-electron chi connectivity index (χ4n) is 2.21. The number of nitrogens with zero attached hydrogens (tertiary/aromatic N) is 1. The molecule has 0 fully saturated rings. The predicted octanol–water partition coefficient (Wildman–Crippen LogP) is 3.63. The van der Waals surface area contributed by atoms with E-state index in [9.17, 15) is 5.11 Å². The van der Waals surface area contributed by atoms with Gasteiger partial charge in [0.25, 0.3) is 0 Å². The van der Waals surface area contributed by atoms with Crippen molar-refractivity contribution in [2.75, 3.05) is 20.2 Å². The Balaban J connectivity index is 1.74. The van der Waals surface area contributed by atoms with E-state index >= 15 is 0 Å². The molecule has 4 heteroatoms. The second-order valence-corrected chi connectivity index (χ2v) is 6.52. The van der Waals surface area contributed by atoms with Crippen LogP contribution in [0.4, 0.5) is 0 Å². The molecule has 1 atom stereocenters. The molecule has 0 aliphatic heterocycles. The Morgan fingerprint density at radius 3 is 2.36 bits per heavy atom. The third kappa shape index (κ3) is 5.79. The normalized spacial score (nSPS) is 12.4. The first-order valence-corrected chi connectivity index (χ1v) is 8.13. The van der Waals surface area contributed by atoms with Gasteiger partial charge in [-0.3, -0.25) is 4.90 Å². The zero-order chi connectivity index (χ0) is 15.9. The molecule has 2 rings (SSSR count). The van der Waals surface area contributed by atoms with E-state index < -0.39 is 6.10 Å². The molecule has 0 heterocycles. The zero-order valence-electron chi connectivity index (χ0n) is 13.0. The van der Waals surface area contributed by atoms with Crippen molar-refractivity contribution in [3.05, 3.63) is 64.1 Å². The van der Waals surface area contributed by atoms with Gasteiger partial charge in [-0.2, -0.15) is 0 Å². The fourth-order valence-corrected chi connectivity index (χ4v) is 2.47. The highest BCUT2D eigenvalue weighted by Crippen LogP contribution is 2.13. The van der Waals surface area contributed by atoms with Crippen LogP contribution >= 0.6 is 15.9 Å². The van der Waals surface area contributed by atoms with Gasteiger partial charge in [-0.25, -0.2) is 0 Å². The van der Waals surface area contributed by atoms with Gasteiger partial charge in [0.1, 0.15) is 18.5 Å². The van der Waals surface area contributed by atoms with Crippen LogP contribution in [0.3, 0.4) is 0 Å². The highest BCUT2D eigenvalue weighted by atomic mass is 79.9. The molecule has 1 unspecified atom stereocenters. The lowest BCUT2D eigenvalue weighted by atomic mass is 10.2. The van der Waals surface area contributed by atoms with Crippen LogP contribution in [0.15, 0.2) is 53.0 Å². The largest absolute Gasteiger partial charge is 0.491 e. The molecule has 2 aromatic carbocycles. The van der Waals surface area contributed by atoms with Crippen molar-refractivity contribution in [1.82, 2.24) is 4.90 Å². The van der Waals surface area contributed by atoms with Gasteiger partial charge in [0.05, 0.1) is 0 Å². The molecule has 0 saturated heterocycles. The summed E-state index contributed by atoms with van der Waals surface area (Å²) in [5.74, 6) is 0.792. The van der Waals surface area contributed by atoms with Crippen molar-refractivity contribution >= 4 is 15.9 Å². The van der Waals surface area contributed by atoms with E-state index in [1.165, 1.54) is 11.1 Å². The Bertz CT molecular complexity index is 569. The number of likely N-dealkylation sites (N-methyl/N-ethyl adjacent to an activating group) is 1. The second-order valence-electron chi connectivity index (χ2n) is 5.60. The van der Waals surface area contributed by atoms with E-state index in [2.05, 4.69) is 33.0 Å². The molecule has 118 valence electrons. The molecule has 0 aromatic heterocycles. The molecule has 0 aliphatic rings. The molecule has 0 radical (unpaired) electrons. The topological polar surface area (TPSA) is 32.7 Å². The number of halogens is 1. The van der Waals surface area contributed by atoms with Crippen LogP contribution in [0.5, 0.6) is 5.75 Å². The number of hydrogen-bond donors (Lipinski definition) is 1. The number of ether oxygens (including phenoxy) is 1. The summed E-state index contributed by atoms with van der Waals surface area (Å²) in [6.07, 6.45) is -0.512. The molecule has 0 aliphatic carbocycles. The predicted molar refractivity (Wildman–Crippen MR) is 93.2 cm³/mol. The molecule has 0 amide bonds. The van der Waals surface area contributed by atoms with E-state index in [0.29, 0.717) is 13.2 Å². The first-order valence-electron chi connectivity index (χ1n) is 7.33. The molecular weight excluding hydrogens is 342 g/mol. The summed E-state index contributed by atoms with van der Waals surface area (Å²) in [6, 6.07) is 16.1. The second kappa shape index (κ2) is 8.32. The summed E-state index contributed by atoms with van der Waals surface area (Å²) in [6.45, 7) is 3.71. The van der Waals surface area contributed by atoms with Crippen LogP contribution in [0, 0.1) is 6.92 Å². The average molecular weight is 364 g/mol. The van der Waals surface area contributed by atoms with E-state index in [4.69, 9.17) is 4.74 Å². The van der Waals surface area contributed by atoms with Gasteiger partial charge in [0.15, 0.2) is 0 Å². The van der Waals surface area contributed by atoms with Crippen molar-refractivity contribution in [1.29, 1.82) is 0 Å². The maximum Gasteiger partial charge on any atom is 0.119 e. The van der Waals surface area contributed by atoms with Gasteiger partial charge in [-0.1, -0.05) is 45.8 Å². The Morgan fingerprint density at radius 1 is 1.09 bits per heavy atom. The minimum atomic E-state index is -0.512. The highest BCUT2D eigenvalue weighted by molar-refractivity contribution is 9.10. The maximum absolute atomic E-state index is 10.1. The Morgan fingerprint density at radius 2 is 1.73 bits per heavy atom. The lowest BCUT2D eigenvalue weighted by molar-refractivity contribution is 0.0744. The maximum atomic E-state index is 10.1. The van der Waals surface area contributed by atoms with E-state index in [0.717, 1.165) is 16.8 Å². The molecule has 1 N–H and O–H groups in total. The Hall–Kier alpha value is -1.36. The summed E-state index contributed by atoms with van der Waals surface area (Å²) in [5.41, 5.74) is 2.42. The van der Waals surface area contributed by atoms with Gasteiger partial charge >= 0.3 is 0 Å². The minimum absolute atomic E-state index is 0.299. The van der Waals surface area contributed by atoms with Gasteiger partial charge < -0.3 is 9.84 Å². The monoisotopic (exact) mass is 363 g/mol. The Kier molecular flexibility index (Phi) is 6.43. The van der Waals surface area contributed by atoms with E-state index in [1.807, 2.05) is 50.4 Å². The van der Waals surface area contributed by atoms with Gasteiger partial charge in [0, 0.05) is 17.6 Å². The number of benzene rings is 2. The van der Waals surface area contributed by atoms with Crippen molar-refractivity contribution < 1.29 is 9.84 Å². The number of aryl methyl sites for hydroxylation is 1. The summed E-state index contributed by atoms with van der Waals surface area (Å²) < 4.78 is 6.68. The molecular formula is C18H22BrNO2. The SMILES string of the molecule is Cc1ccc(OCC(O)CN(C)Cc2ccc(Br)cc2)cc1. The van der Waals surface area contributed by atoms with E-state index in [1.54, 1.807) is 0 Å². The van der Waals surface area contributed by atoms with Gasteiger partial charge in [-0.15, -0.1) is 0 Å². The standard InChI is InChI=1S/C18H22BrNO2/c1-14-3-9-18(10-4-14)22-13-17(21)12-20(2)11-15-5-7-16(19)8-6-15/h3-10,17,21H,11-13H2,1-2H3. The molecule has 0 saturated carbocycles. The first-order chi connectivity index (χ1) is 10.5. The average Bonchev–Trinajstić information content (AvgIpc) is 2.49. The fraction of sp³-hybridized carbons (Fsp3) is 0.333. The van der Waals surface area contributed by atoms with Crippen LogP contribution in [0.25, 0.3) is 0 Å². The van der Waals surface area contributed by atoms with Crippen molar-refractivity contribution in [3.8, 4) is 5.75 Å². The van der Waals surface area contributed by atoms with Crippen LogP contribution < -0.4 is 4.74 Å². The number of aliphatic hydroxyl groups excluding tert-OH is 1. The molecule has 3 nitrogen and oxygen atoms in total. The minimum Gasteiger partial charge on any atom is -0.491 e. The third-order valence-electron chi connectivity index (χ3n) is 3.35. The van der Waals surface area contributed by atoms with Crippen LogP contribution in [-0.2, 0) is 6.54 Å². The lowest BCUT2D eigenvalue weighted by Crippen LogP contribution is -2.32. The number of aliphatic hydroxyl groups is 1. The van der Waals surface area contributed by atoms with Crippen molar-refractivity contribution in [2.45, 2.75) is 19.6 Å². The third-order valence-corrected chi connectivity index (χ3v) is 3.88. The zero-order valence-corrected chi connectivity index (χ0v) is 14.6. The van der Waals surface area contributed by atoms with Crippen molar-refractivity contribution in [2.24, 2.45) is 0 Å².